The Balaban J connectivity index is 2.61. The summed E-state index contributed by atoms with van der Waals surface area (Å²) in [7, 11) is 0. The molecular weight excluding hydrogens is 282 g/mol. The summed E-state index contributed by atoms with van der Waals surface area (Å²) in [5.74, 6) is 0. The highest BCUT2D eigenvalue weighted by Gasteiger charge is 2.21. The molecule has 0 heterocycles. The van der Waals surface area contributed by atoms with Gasteiger partial charge in [-0.1, -0.05) is 46.3 Å². The van der Waals surface area contributed by atoms with E-state index in [0.29, 0.717) is 12.8 Å². The zero-order valence-corrected chi connectivity index (χ0v) is 12.0. The quantitative estimate of drug-likeness (QED) is 0.362. The molecule has 0 aliphatic carbocycles. The van der Waals surface area contributed by atoms with E-state index in [2.05, 4.69) is 15.9 Å². The van der Waals surface area contributed by atoms with Gasteiger partial charge in [0.2, 0.25) is 6.41 Å². The van der Waals surface area contributed by atoms with Gasteiger partial charge in [-0.3, -0.25) is 9.63 Å². The van der Waals surface area contributed by atoms with Crippen molar-refractivity contribution in [3.05, 3.63) is 35.9 Å². The van der Waals surface area contributed by atoms with Crippen LogP contribution in [0.2, 0.25) is 0 Å². The molecule has 4 heteroatoms. The van der Waals surface area contributed by atoms with E-state index in [1.54, 1.807) is 0 Å². The Bertz CT molecular complexity index is 348. The van der Waals surface area contributed by atoms with E-state index in [1.807, 2.05) is 51.1 Å². The number of amides is 1. The molecule has 1 rings (SSSR count). The van der Waals surface area contributed by atoms with E-state index >= 15 is 0 Å². The fourth-order valence-electron chi connectivity index (χ4n) is 1.36. The molecular formula is C13H18BrNO2. The van der Waals surface area contributed by atoms with Crippen LogP contribution in [0.25, 0.3) is 0 Å². The lowest BCUT2D eigenvalue weighted by molar-refractivity contribution is -0.219. The number of rotatable bonds is 5. The standard InChI is InChI=1S/C13H18BrNO2/c1-13(2,3)17-15(10-16)12(14)9-11-7-5-4-6-8-11/h4-8,10,12H,9H2,1-3H3. The molecule has 1 amide bonds. The first-order valence-electron chi connectivity index (χ1n) is 5.53. The molecule has 0 fully saturated rings. The van der Waals surface area contributed by atoms with Gasteiger partial charge in [-0.15, -0.1) is 0 Å². The third-order valence-corrected chi connectivity index (χ3v) is 2.73. The van der Waals surface area contributed by atoms with Crippen molar-refractivity contribution in [2.75, 3.05) is 0 Å². The van der Waals surface area contributed by atoms with Gasteiger partial charge in [-0.05, 0) is 26.3 Å². The van der Waals surface area contributed by atoms with Gasteiger partial charge >= 0.3 is 0 Å². The lowest BCUT2D eigenvalue weighted by Crippen LogP contribution is -2.38. The van der Waals surface area contributed by atoms with Gasteiger partial charge in [0.1, 0.15) is 4.95 Å². The van der Waals surface area contributed by atoms with Crippen LogP contribution in [0.4, 0.5) is 0 Å². The minimum atomic E-state index is -0.385. The van der Waals surface area contributed by atoms with Crippen LogP contribution in [0.3, 0.4) is 0 Å². The molecule has 0 aliphatic rings. The number of benzene rings is 1. The molecule has 0 aromatic heterocycles. The van der Waals surface area contributed by atoms with Crippen molar-refractivity contribution in [2.24, 2.45) is 0 Å². The second-order valence-electron chi connectivity index (χ2n) is 4.79. The molecule has 0 saturated heterocycles. The van der Waals surface area contributed by atoms with E-state index < -0.39 is 0 Å². The van der Waals surface area contributed by atoms with Crippen molar-refractivity contribution >= 4 is 22.3 Å². The van der Waals surface area contributed by atoms with Gasteiger partial charge in [-0.25, -0.2) is 5.06 Å². The van der Waals surface area contributed by atoms with Crippen LogP contribution in [0.15, 0.2) is 30.3 Å². The van der Waals surface area contributed by atoms with Gasteiger partial charge in [0.05, 0.1) is 5.60 Å². The summed E-state index contributed by atoms with van der Waals surface area (Å²) in [5.41, 5.74) is 0.766. The van der Waals surface area contributed by atoms with Gasteiger partial charge < -0.3 is 0 Å². The van der Waals surface area contributed by atoms with Crippen LogP contribution in [-0.4, -0.2) is 22.0 Å². The Kier molecular flexibility index (Phi) is 5.15. The van der Waals surface area contributed by atoms with Gasteiger partial charge in [-0.2, -0.15) is 0 Å². The van der Waals surface area contributed by atoms with Gasteiger partial charge in [0, 0.05) is 6.42 Å². The summed E-state index contributed by atoms with van der Waals surface area (Å²) in [6.45, 7) is 5.73. The number of carbonyl (C=O) groups is 1. The fourth-order valence-corrected chi connectivity index (χ4v) is 1.91. The van der Waals surface area contributed by atoms with E-state index in [1.165, 1.54) is 5.06 Å². The van der Waals surface area contributed by atoms with Crippen LogP contribution in [0.5, 0.6) is 0 Å². The molecule has 0 radical (unpaired) electrons. The van der Waals surface area contributed by atoms with Crippen molar-refractivity contribution in [3.63, 3.8) is 0 Å². The lowest BCUT2D eigenvalue weighted by Gasteiger charge is -2.30. The predicted molar refractivity (Wildman–Crippen MR) is 71.6 cm³/mol. The lowest BCUT2D eigenvalue weighted by atomic mass is 10.1. The van der Waals surface area contributed by atoms with Crippen molar-refractivity contribution in [3.8, 4) is 0 Å². The van der Waals surface area contributed by atoms with Crippen molar-refractivity contribution in [2.45, 2.75) is 37.7 Å². The number of hydrogen-bond donors (Lipinski definition) is 0. The molecule has 17 heavy (non-hydrogen) atoms. The highest BCUT2D eigenvalue weighted by atomic mass is 79.9. The maximum absolute atomic E-state index is 11.0. The summed E-state index contributed by atoms with van der Waals surface area (Å²) in [6.07, 6.45) is 1.41. The van der Waals surface area contributed by atoms with Crippen LogP contribution in [0.1, 0.15) is 26.3 Å². The topological polar surface area (TPSA) is 29.5 Å². The summed E-state index contributed by atoms with van der Waals surface area (Å²) in [5, 5.41) is 1.31. The van der Waals surface area contributed by atoms with E-state index in [4.69, 9.17) is 4.84 Å². The van der Waals surface area contributed by atoms with Crippen LogP contribution in [0, 0.1) is 0 Å². The largest absolute Gasteiger partial charge is 0.276 e. The van der Waals surface area contributed by atoms with Crippen LogP contribution >= 0.6 is 15.9 Å². The number of nitrogens with zero attached hydrogens (tertiary/aromatic N) is 1. The monoisotopic (exact) mass is 299 g/mol. The maximum atomic E-state index is 11.0. The minimum Gasteiger partial charge on any atom is -0.276 e. The Morgan fingerprint density at radius 3 is 2.41 bits per heavy atom. The Hall–Kier alpha value is -0.870. The Morgan fingerprint density at radius 2 is 1.94 bits per heavy atom. The molecule has 0 aliphatic heterocycles. The molecule has 0 saturated carbocycles. The second-order valence-corrected chi connectivity index (χ2v) is 5.85. The second kappa shape index (κ2) is 6.17. The molecule has 1 unspecified atom stereocenters. The fraction of sp³-hybridized carbons (Fsp3) is 0.462. The zero-order chi connectivity index (χ0) is 12.9. The van der Waals surface area contributed by atoms with Crippen LogP contribution < -0.4 is 0 Å². The van der Waals surface area contributed by atoms with E-state index in [0.717, 1.165) is 5.56 Å². The number of alkyl halides is 1. The molecule has 1 aromatic carbocycles. The minimum absolute atomic E-state index is 0.165. The van der Waals surface area contributed by atoms with Crippen molar-refractivity contribution in [1.82, 2.24) is 5.06 Å². The van der Waals surface area contributed by atoms with Gasteiger partial charge in [0.25, 0.3) is 0 Å². The molecule has 94 valence electrons. The normalized spacial score (nSPS) is 13.2. The first-order valence-corrected chi connectivity index (χ1v) is 6.45. The summed E-state index contributed by atoms with van der Waals surface area (Å²) in [6, 6.07) is 9.97. The molecule has 1 aromatic rings. The SMILES string of the molecule is CC(C)(C)ON(C=O)C(Br)Cc1ccccc1. The van der Waals surface area contributed by atoms with Crippen LogP contribution in [-0.2, 0) is 16.1 Å². The average molecular weight is 300 g/mol. The average Bonchev–Trinajstić information content (AvgIpc) is 2.26. The van der Waals surface area contributed by atoms with Gasteiger partial charge in [0.15, 0.2) is 0 Å². The molecule has 1 atom stereocenters. The molecule has 3 nitrogen and oxygen atoms in total. The Labute approximate surface area is 111 Å². The third kappa shape index (κ3) is 5.33. The van der Waals surface area contributed by atoms with E-state index in [9.17, 15) is 4.79 Å². The maximum Gasteiger partial charge on any atom is 0.234 e. The predicted octanol–water partition coefficient (Wildman–Crippen LogP) is 3.14. The first-order chi connectivity index (χ1) is 7.92. The first kappa shape index (κ1) is 14.2. The summed E-state index contributed by atoms with van der Waals surface area (Å²) < 4.78 is 0. The third-order valence-electron chi connectivity index (χ3n) is 2.01. The van der Waals surface area contributed by atoms with E-state index in [-0.39, 0.29) is 10.6 Å². The molecule has 0 bridgehead atoms. The van der Waals surface area contributed by atoms with Crippen molar-refractivity contribution < 1.29 is 9.63 Å². The van der Waals surface area contributed by atoms with Crippen molar-refractivity contribution in [1.29, 1.82) is 0 Å². The number of hydroxylamine groups is 2. The smallest absolute Gasteiger partial charge is 0.234 e. The highest BCUT2D eigenvalue weighted by molar-refractivity contribution is 9.09. The highest BCUT2D eigenvalue weighted by Crippen LogP contribution is 2.18. The number of carbonyl (C=O) groups excluding carboxylic acids is 1. The zero-order valence-electron chi connectivity index (χ0n) is 10.4. The summed E-state index contributed by atoms with van der Waals surface area (Å²) in [4.78, 5) is 16.4. The molecule has 0 spiro atoms. The number of hydrogen-bond acceptors (Lipinski definition) is 2. The summed E-state index contributed by atoms with van der Waals surface area (Å²) >= 11 is 3.46. The number of halogens is 1. The Morgan fingerprint density at radius 1 is 1.35 bits per heavy atom. The molecule has 0 N–H and O–H groups in total.